The van der Waals surface area contributed by atoms with Crippen LogP contribution in [0.2, 0.25) is 0 Å². The van der Waals surface area contributed by atoms with Gasteiger partial charge in [-0.05, 0) is 18.6 Å². The number of hydrogen-bond donors (Lipinski definition) is 2. The molecule has 1 aromatic heterocycles. The molecule has 1 aliphatic heterocycles. The van der Waals surface area contributed by atoms with E-state index in [-0.39, 0.29) is 18.6 Å². The molecular weight excluding hydrogens is 218 g/mol. The fourth-order valence-corrected chi connectivity index (χ4v) is 1.99. The highest BCUT2D eigenvalue weighted by atomic mass is 16.3. The fraction of sp³-hybridized carbons (Fsp3) is 0.500. The second-order valence-electron chi connectivity index (χ2n) is 4.32. The summed E-state index contributed by atoms with van der Waals surface area (Å²) in [4.78, 5) is 17.9. The van der Waals surface area contributed by atoms with Crippen LogP contribution in [0.3, 0.4) is 0 Å². The molecule has 92 valence electrons. The van der Waals surface area contributed by atoms with E-state index in [1.165, 1.54) is 0 Å². The van der Waals surface area contributed by atoms with E-state index in [2.05, 4.69) is 10.3 Å². The summed E-state index contributed by atoms with van der Waals surface area (Å²) in [7, 11) is 0. The predicted octanol–water partition coefficient (Wildman–Crippen LogP) is -0.237. The van der Waals surface area contributed by atoms with Gasteiger partial charge >= 0.3 is 0 Å². The SMILES string of the molecule is CC1CNC(CO)C(=O)N1Cc1cccnc1. The molecule has 1 fully saturated rings. The molecule has 0 saturated carbocycles. The molecule has 0 spiro atoms. The van der Waals surface area contributed by atoms with Gasteiger partial charge in [0.25, 0.3) is 0 Å². The number of nitrogens with one attached hydrogen (secondary N) is 1. The van der Waals surface area contributed by atoms with E-state index >= 15 is 0 Å². The lowest BCUT2D eigenvalue weighted by Crippen LogP contribution is -2.60. The number of nitrogens with zero attached hydrogens (tertiary/aromatic N) is 2. The quantitative estimate of drug-likeness (QED) is 0.759. The number of aromatic nitrogens is 1. The Balaban J connectivity index is 2.10. The van der Waals surface area contributed by atoms with Gasteiger partial charge in [-0.1, -0.05) is 6.07 Å². The summed E-state index contributed by atoms with van der Waals surface area (Å²) in [5.41, 5.74) is 1.01. The minimum Gasteiger partial charge on any atom is -0.394 e. The molecule has 2 heterocycles. The monoisotopic (exact) mass is 235 g/mol. The zero-order chi connectivity index (χ0) is 12.3. The number of piperazine rings is 1. The molecule has 2 N–H and O–H groups in total. The van der Waals surface area contributed by atoms with Gasteiger partial charge in [-0.3, -0.25) is 9.78 Å². The van der Waals surface area contributed by atoms with Gasteiger partial charge in [0.15, 0.2) is 0 Å². The lowest BCUT2D eigenvalue weighted by atomic mass is 10.1. The molecule has 0 radical (unpaired) electrons. The van der Waals surface area contributed by atoms with E-state index in [1.54, 1.807) is 17.3 Å². The van der Waals surface area contributed by atoms with E-state index < -0.39 is 6.04 Å². The molecule has 1 amide bonds. The largest absolute Gasteiger partial charge is 0.394 e. The Morgan fingerprint density at radius 3 is 3.12 bits per heavy atom. The maximum Gasteiger partial charge on any atom is 0.242 e. The Morgan fingerprint density at radius 2 is 2.47 bits per heavy atom. The molecule has 0 aromatic carbocycles. The highest BCUT2D eigenvalue weighted by Gasteiger charge is 2.32. The van der Waals surface area contributed by atoms with Crippen LogP contribution in [0.5, 0.6) is 0 Å². The summed E-state index contributed by atoms with van der Waals surface area (Å²) in [5, 5.41) is 12.1. The number of rotatable bonds is 3. The van der Waals surface area contributed by atoms with Crippen molar-refractivity contribution in [2.45, 2.75) is 25.6 Å². The van der Waals surface area contributed by atoms with Crippen LogP contribution in [0.15, 0.2) is 24.5 Å². The van der Waals surface area contributed by atoms with Gasteiger partial charge in [0.2, 0.25) is 5.91 Å². The fourth-order valence-electron chi connectivity index (χ4n) is 1.99. The molecule has 1 saturated heterocycles. The van der Waals surface area contributed by atoms with E-state index in [0.717, 1.165) is 5.56 Å². The number of carbonyl (C=O) groups excluding carboxylic acids is 1. The molecule has 2 unspecified atom stereocenters. The third-order valence-electron chi connectivity index (χ3n) is 3.03. The molecule has 17 heavy (non-hydrogen) atoms. The first-order valence-electron chi connectivity index (χ1n) is 5.76. The second-order valence-corrected chi connectivity index (χ2v) is 4.32. The summed E-state index contributed by atoms with van der Waals surface area (Å²) in [6, 6.07) is 3.47. The number of hydrogen-bond acceptors (Lipinski definition) is 4. The van der Waals surface area contributed by atoms with Gasteiger partial charge < -0.3 is 15.3 Å². The van der Waals surface area contributed by atoms with Crippen molar-refractivity contribution in [1.82, 2.24) is 15.2 Å². The van der Waals surface area contributed by atoms with Crippen LogP contribution >= 0.6 is 0 Å². The van der Waals surface area contributed by atoms with Crippen LogP contribution in [0.4, 0.5) is 0 Å². The molecule has 5 nitrogen and oxygen atoms in total. The number of aliphatic hydroxyl groups is 1. The third-order valence-corrected chi connectivity index (χ3v) is 3.03. The predicted molar refractivity (Wildman–Crippen MR) is 63.1 cm³/mol. The number of pyridine rings is 1. The first kappa shape index (κ1) is 12.0. The summed E-state index contributed by atoms with van der Waals surface area (Å²) >= 11 is 0. The number of aliphatic hydroxyl groups excluding tert-OH is 1. The van der Waals surface area contributed by atoms with Crippen molar-refractivity contribution in [2.75, 3.05) is 13.2 Å². The first-order valence-corrected chi connectivity index (χ1v) is 5.76. The molecule has 0 bridgehead atoms. The molecule has 5 heteroatoms. The first-order chi connectivity index (χ1) is 8.22. The van der Waals surface area contributed by atoms with Gasteiger partial charge in [-0.2, -0.15) is 0 Å². The number of carbonyl (C=O) groups is 1. The average Bonchev–Trinajstić information content (AvgIpc) is 2.36. The summed E-state index contributed by atoms with van der Waals surface area (Å²) in [5.74, 6) is -0.0462. The summed E-state index contributed by atoms with van der Waals surface area (Å²) in [6.07, 6.45) is 3.47. The van der Waals surface area contributed by atoms with Crippen molar-refractivity contribution in [3.05, 3.63) is 30.1 Å². The topological polar surface area (TPSA) is 65.5 Å². The van der Waals surface area contributed by atoms with Crippen molar-refractivity contribution >= 4 is 5.91 Å². The van der Waals surface area contributed by atoms with E-state index in [9.17, 15) is 4.79 Å². The molecule has 2 rings (SSSR count). The lowest BCUT2D eigenvalue weighted by molar-refractivity contribution is -0.140. The van der Waals surface area contributed by atoms with Gasteiger partial charge in [0, 0.05) is 31.5 Å². The summed E-state index contributed by atoms with van der Waals surface area (Å²) in [6.45, 7) is 3.09. The number of amides is 1. The Labute approximate surface area is 100 Å². The van der Waals surface area contributed by atoms with E-state index in [0.29, 0.717) is 13.1 Å². The molecule has 1 aliphatic rings. The van der Waals surface area contributed by atoms with Crippen molar-refractivity contribution < 1.29 is 9.90 Å². The van der Waals surface area contributed by atoms with E-state index in [1.807, 2.05) is 19.1 Å². The average molecular weight is 235 g/mol. The van der Waals surface area contributed by atoms with Crippen LogP contribution in [-0.4, -0.2) is 46.1 Å². The van der Waals surface area contributed by atoms with Gasteiger partial charge in [0.05, 0.1) is 6.61 Å². The van der Waals surface area contributed by atoms with Crippen LogP contribution in [0.25, 0.3) is 0 Å². The van der Waals surface area contributed by atoms with Crippen LogP contribution in [0, 0.1) is 0 Å². The standard InChI is InChI=1S/C12H17N3O2/c1-9-5-14-11(8-16)12(17)15(9)7-10-3-2-4-13-6-10/h2-4,6,9,11,14,16H,5,7-8H2,1H3. The molecular formula is C12H17N3O2. The zero-order valence-electron chi connectivity index (χ0n) is 9.84. The smallest absolute Gasteiger partial charge is 0.242 e. The maximum absolute atomic E-state index is 12.1. The Hall–Kier alpha value is -1.46. The van der Waals surface area contributed by atoms with Gasteiger partial charge in [0.1, 0.15) is 6.04 Å². The summed E-state index contributed by atoms with van der Waals surface area (Å²) < 4.78 is 0. The van der Waals surface area contributed by atoms with E-state index in [4.69, 9.17) is 5.11 Å². The normalized spacial score (nSPS) is 25.1. The van der Waals surface area contributed by atoms with Crippen molar-refractivity contribution in [1.29, 1.82) is 0 Å². The molecule has 1 aromatic rings. The minimum absolute atomic E-state index is 0.0462. The second kappa shape index (κ2) is 5.25. The molecule has 0 aliphatic carbocycles. The zero-order valence-corrected chi connectivity index (χ0v) is 9.84. The van der Waals surface area contributed by atoms with Crippen molar-refractivity contribution in [2.24, 2.45) is 0 Å². The van der Waals surface area contributed by atoms with Crippen molar-refractivity contribution in [3.63, 3.8) is 0 Å². The Bertz CT molecular complexity index is 383. The highest BCUT2D eigenvalue weighted by Crippen LogP contribution is 2.12. The van der Waals surface area contributed by atoms with Crippen molar-refractivity contribution in [3.8, 4) is 0 Å². The minimum atomic E-state index is -0.470. The maximum atomic E-state index is 12.1. The van der Waals surface area contributed by atoms with Crippen LogP contribution in [-0.2, 0) is 11.3 Å². The van der Waals surface area contributed by atoms with Crippen LogP contribution < -0.4 is 5.32 Å². The van der Waals surface area contributed by atoms with Crippen LogP contribution in [0.1, 0.15) is 12.5 Å². The van der Waals surface area contributed by atoms with Gasteiger partial charge in [-0.15, -0.1) is 0 Å². The molecule has 2 atom stereocenters. The lowest BCUT2D eigenvalue weighted by Gasteiger charge is -2.37. The Kier molecular flexibility index (Phi) is 3.71. The Morgan fingerprint density at radius 1 is 1.65 bits per heavy atom. The third kappa shape index (κ3) is 2.62. The highest BCUT2D eigenvalue weighted by molar-refractivity contribution is 5.83. The van der Waals surface area contributed by atoms with Gasteiger partial charge in [-0.25, -0.2) is 0 Å².